The van der Waals surface area contributed by atoms with Gasteiger partial charge in [-0.25, -0.2) is 0 Å². The zero-order valence-corrected chi connectivity index (χ0v) is 13.7. The maximum atomic E-state index is 6.21. The van der Waals surface area contributed by atoms with Crippen LogP contribution in [0.2, 0.25) is 10.0 Å². The Balaban J connectivity index is 2.20. The van der Waals surface area contributed by atoms with Gasteiger partial charge in [0, 0.05) is 25.6 Å². The van der Waals surface area contributed by atoms with Crippen molar-refractivity contribution in [3.05, 3.63) is 33.8 Å². The number of ether oxygens (including phenoxy) is 1. The molecule has 1 fully saturated rings. The van der Waals surface area contributed by atoms with Crippen LogP contribution in [0.1, 0.15) is 31.7 Å². The van der Waals surface area contributed by atoms with Crippen LogP contribution in [0, 0.1) is 5.92 Å². The normalized spacial score (nSPS) is 26.1. The molecule has 2 atom stereocenters. The molecule has 0 bridgehead atoms. The van der Waals surface area contributed by atoms with Gasteiger partial charge < -0.3 is 10.1 Å². The van der Waals surface area contributed by atoms with Gasteiger partial charge in [0.15, 0.2) is 0 Å². The van der Waals surface area contributed by atoms with Crippen LogP contribution in [0.3, 0.4) is 0 Å². The lowest BCUT2D eigenvalue weighted by Crippen LogP contribution is -2.41. The van der Waals surface area contributed by atoms with E-state index in [2.05, 4.69) is 18.3 Å². The molecule has 0 aliphatic heterocycles. The summed E-state index contributed by atoms with van der Waals surface area (Å²) in [5, 5.41) is 4.81. The molecule has 20 heavy (non-hydrogen) atoms. The second kappa shape index (κ2) is 7.13. The molecule has 4 heteroatoms. The quantitative estimate of drug-likeness (QED) is 0.791. The Labute approximate surface area is 131 Å². The first-order chi connectivity index (χ1) is 9.60. The van der Waals surface area contributed by atoms with Crippen molar-refractivity contribution in [2.24, 2.45) is 5.92 Å². The van der Waals surface area contributed by atoms with Gasteiger partial charge in [-0.1, -0.05) is 42.6 Å². The fourth-order valence-electron chi connectivity index (χ4n) is 3.33. The van der Waals surface area contributed by atoms with E-state index in [-0.39, 0.29) is 5.41 Å². The molecule has 1 aliphatic carbocycles. The van der Waals surface area contributed by atoms with Crippen LogP contribution < -0.4 is 5.32 Å². The summed E-state index contributed by atoms with van der Waals surface area (Å²) >= 11 is 12.3. The predicted octanol–water partition coefficient (Wildman–Crippen LogP) is 4.29. The van der Waals surface area contributed by atoms with E-state index < -0.39 is 0 Å². The van der Waals surface area contributed by atoms with Gasteiger partial charge in [0.05, 0.1) is 16.7 Å². The molecule has 0 spiro atoms. The number of benzene rings is 1. The first kappa shape index (κ1) is 16.1. The maximum absolute atomic E-state index is 6.21. The minimum atomic E-state index is 0.169. The van der Waals surface area contributed by atoms with Gasteiger partial charge in [-0.2, -0.15) is 0 Å². The van der Waals surface area contributed by atoms with Crippen LogP contribution in [-0.2, 0) is 10.2 Å². The number of hydrogen-bond acceptors (Lipinski definition) is 2. The van der Waals surface area contributed by atoms with Crippen molar-refractivity contribution in [2.75, 3.05) is 26.8 Å². The molecular formula is C16H23Cl2NO. The molecule has 1 aliphatic rings. The molecule has 0 saturated heterocycles. The van der Waals surface area contributed by atoms with Gasteiger partial charge in [-0.15, -0.1) is 0 Å². The first-order valence-electron chi connectivity index (χ1n) is 7.25. The summed E-state index contributed by atoms with van der Waals surface area (Å²) in [4.78, 5) is 0. The van der Waals surface area contributed by atoms with E-state index in [4.69, 9.17) is 27.9 Å². The molecule has 1 aromatic carbocycles. The summed E-state index contributed by atoms with van der Waals surface area (Å²) < 4.78 is 5.11. The van der Waals surface area contributed by atoms with Gasteiger partial charge in [0.25, 0.3) is 0 Å². The summed E-state index contributed by atoms with van der Waals surface area (Å²) in [5.41, 5.74) is 1.48. The Hall–Kier alpha value is -0.280. The van der Waals surface area contributed by atoms with Gasteiger partial charge in [-0.05, 0) is 36.5 Å². The monoisotopic (exact) mass is 315 g/mol. The van der Waals surface area contributed by atoms with Crippen LogP contribution in [0.5, 0.6) is 0 Å². The number of rotatable bonds is 6. The lowest BCUT2D eigenvalue weighted by Gasteiger charge is -2.35. The van der Waals surface area contributed by atoms with Crippen molar-refractivity contribution in [2.45, 2.75) is 31.6 Å². The second-order valence-electron chi connectivity index (χ2n) is 5.75. The third-order valence-electron chi connectivity index (χ3n) is 4.62. The van der Waals surface area contributed by atoms with Crippen molar-refractivity contribution in [1.82, 2.24) is 5.32 Å². The highest BCUT2D eigenvalue weighted by molar-refractivity contribution is 6.42. The molecule has 2 nitrogen and oxygen atoms in total. The minimum absolute atomic E-state index is 0.169. The van der Waals surface area contributed by atoms with Gasteiger partial charge in [-0.3, -0.25) is 0 Å². The summed E-state index contributed by atoms with van der Waals surface area (Å²) in [6.07, 6.45) is 3.74. The Morgan fingerprint density at radius 1 is 1.35 bits per heavy atom. The largest absolute Gasteiger partial charge is 0.383 e. The molecule has 0 amide bonds. The lowest BCUT2D eigenvalue weighted by atomic mass is 9.73. The Kier molecular flexibility index (Phi) is 5.74. The molecule has 1 N–H and O–H groups in total. The molecular weight excluding hydrogens is 293 g/mol. The third-order valence-corrected chi connectivity index (χ3v) is 5.36. The van der Waals surface area contributed by atoms with Crippen molar-refractivity contribution < 1.29 is 4.74 Å². The smallest absolute Gasteiger partial charge is 0.0595 e. The van der Waals surface area contributed by atoms with Gasteiger partial charge in [0.2, 0.25) is 0 Å². The highest BCUT2D eigenvalue weighted by atomic mass is 35.5. The van der Waals surface area contributed by atoms with Crippen molar-refractivity contribution >= 4 is 23.2 Å². The van der Waals surface area contributed by atoms with Crippen molar-refractivity contribution in [1.29, 1.82) is 0 Å². The van der Waals surface area contributed by atoms with E-state index in [1.54, 1.807) is 7.11 Å². The molecule has 1 aromatic rings. The number of halogens is 2. The van der Waals surface area contributed by atoms with E-state index in [1.165, 1.54) is 24.8 Å². The van der Waals surface area contributed by atoms with Crippen LogP contribution in [-0.4, -0.2) is 26.8 Å². The molecule has 112 valence electrons. The van der Waals surface area contributed by atoms with Crippen molar-refractivity contribution in [3.8, 4) is 0 Å². The molecule has 0 aromatic heterocycles. The maximum Gasteiger partial charge on any atom is 0.0595 e. The fraction of sp³-hybridized carbons (Fsp3) is 0.625. The Bertz CT molecular complexity index is 452. The van der Waals surface area contributed by atoms with E-state index in [1.807, 2.05) is 12.1 Å². The molecule has 1 saturated carbocycles. The number of hydrogen-bond donors (Lipinski definition) is 1. The minimum Gasteiger partial charge on any atom is -0.383 e. The van der Waals surface area contributed by atoms with Crippen LogP contribution >= 0.6 is 23.2 Å². The average molecular weight is 316 g/mol. The topological polar surface area (TPSA) is 21.3 Å². The van der Waals surface area contributed by atoms with Gasteiger partial charge >= 0.3 is 0 Å². The average Bonchev–Trinajstić information content (AvgIpc) is 2.80. The van der Waals surface area contributed by atoms with E-state index in [0.29, 0.717) is 16.0 Å². The first-order valence-corrected chi connectivity index (χ1v) is 8.01. The molecule has 0 heterocycles. The lowest BCUT2D eigenvalue weighted by molar-refractivity contribution is 0.194. The number of nitrogens with one attached hydrogen (secondary N) is 1. The highest BCUT2D eigenvalue weighted by Gasteiger charge is 2.41. The summed E-state index contributed by atoms with van der Waals surface area (Å²) in [7, 11) is 1.73. The summed E-state index contributed by atoms with van der Waals surface area (Å²) in [6.45, 7) is 4.93. The third kappa shape index (κ3) is 3.30. The Morgan fingerprint density at radius 2 is 2.15 bits per heavy atom. The summed E-state index contributed by atoms with van der Waals surface area (Å²) in [5.74, 6) is 0.648. The van der Waals surface area contributed by atoms with Crippen molar-refractivity contribution in [3.63, 3.8) is 0 Å². The predicted molar refractivity (Wildman–Crippen MR) is 85.9 cm³/mol. The van der Waals surface area contributed by atoms with Gasteiger partial charge in [0.1, 0.15) is 0 Å². The molecule has 2 rings (SSSR count). The highest BCUT2D eigenvalue weighted by Crippen LogP contribution is 2.46. The van der Waals surface area contributed by atoms with Crippen LogP contribution in [0.15, 0.2) is 18.2 Å². The van der Waals surface area contributed by atoms with Crippen LogP contribution in [0.4, 0.5) is 0 Å². The standard InChI is InChI=1S/C16H23Cl2NO/c1-12-4-3-7-16(12,11-19-8-9-20-2)13-5-6-14(17)15(18)10-13/h5-6,10,12,19H,3-4,7-9,11H2,1-2H3. The van der Waals surface area contributed by atoms with E-state index in [0.717, 1.165) is 19.7 Å². The number of methoxy groups -OCH3 is 1. The van der Waals surface area contributed by atoms with Crippen LogP contribution in [0.25, 0.3) is 0 Å². The van der Waals surface area contributed by atoms with E-state index in [9.17, 15) is 0 Å². The SMILES string of the molecule is COCCNCC1(c2ccc(Cl)c(Cl)c2)CCCC1C. The molecule has 0 radical (unpaired) electrons. The molecule has 2 unspecified atom stereocenters. The zero-order chi connectivity index (χ0) is 14.6. The second-order valence-corrected chi connectivity index (χ2v) is 6.56. The Morgan fingerprint density at radius 3 is 2.75 bits per heavy atom. The fourth-order valence-corrected chi connectivity index (χ4v) is 3.63. The van der Waals surface area contributed by atoms with E-state index >= 15 is 0 Å². The zero-order valence-electron chi connectivity index (χ0n) is 12.2. The summed E-state index contributed by atoms with van der Waals surface area (Å²) in [6, 6.07) is 6.10.